The molecule has 0 aliphatic heterocycles. The fraction of sp³-hybridized carbons (Fsp3) is 0.261. The number of carboxylic acid groups (broad SMARTS) is 1. The van der Waals surface area contributed by atoms with Gasteiger partial charge in [0.25, 0.3) is 5.91 Å². The first-order valence-corrected chi connectivity index (χ1v) is 11.0. The van der Waals surface area contributed by atoms with Crippen LogP contribution in [0.1, 0.15) is 35.5 Å². The molecule has 2 heterocycles. The summed E-state index contributed by atoms with van der Waals surface area (Å²) in [6, 6.07) is 15.5. The van der Waals surface area contributed by atoms with Crippen LogP contribution >= 0.6 is 11.3 Å². The van der Waals surface area contributed by atoms with E-state index in [1.54, 1.807) is 6.07 Å². The van der Waals surface area contributed by atoms with E-state index in [9.17, 15) is 14.7 Å². The Balaban J connectivity index is 1.58. The molecular weight excluding hydrogens is 428 g/mol. The van der Waals surface area contributed by atoms with Gasteiger partial charge in [-0.3, -0.25) is 4.79 Å². The number of nitrogen functional groups attached to an aromatic ring is 1. The van der Waals surface area contributed by atoms with Crippen molar-refractivity contribution in [1.82, 2.24) is 10.3 Å². The van der Waals surface area contributed by atoms with Crippen LogP contribution in [0.4, 0.5) is 11.6 Å². The van der Waals surface area contributed by atoms with Gasteiger partial charge < -0.3 is 26.2 Å². The highest BCUT2D eigenvalue weighted by molar-refractivity contribution is 7.13. The van der Waals surface area contributed by atoms with Crippen LogP contribution in [-0.2, 0) is 11.3 Å². The van der Waals surface area contributed by atoms with E-state index in [0.29, 0.717) is 18.8 Å². The van der Waals surface area contributed by atoms with Crippen molar-refractivity contribution in [3.8, 4) is 10.8 Å². The van der Waals surface area contributed by atoms with Gasteiger partial charge in [0.1, 0.15) is 23.4 Å². The molecule has 3 rings (SSSR count). The molecule has 32 heavy (non-hydrogen) atoms. The monoisotopic (exact) mass is 454 g/mol. The molecule has 0 aliphatic carbocycles. The lowest BCUT2D eigenvalue weighted by molar-refractivity contribution is -0.138. The van der Waals surface area contributed by atoms with Crippen molar-refractivity contribution in [1.29, 1.82) is 0 Å². The molecule has 0 bridgehead atoms. The normalized spacial score (nSPS) is 11.7. The molecule has 1 unspecified atom stereocenters. The molecule has 0 radical (unpaired) electrons. The number of aliphatic carboxylic acids is 1. The quantitative estimate of drug-likeness (QED) is 0.358. The number of amides is 1. The van der Waals surface area contributed by atoms with Gasteiger partial charge in [0, 0.05) is 4.88 Å². The van der Waals surface area contributed by atoms with Crippen LogP contribution in [0.5, 0.6) is 10.8 Å². The fourth-order valence-electron chi connectivity index (χ4n) is 2.99. The molecule has 1 amide bonds. The lowest BCUT2D eigenvalue weighted by atomic mass is 10.0. The summed E-state index contributed by atoms with van der Waals surface area (Å²) in [4.78, 5) is 29.1. The highest BCUT2D eigenvalue weighted by atomic mass is 32.1. The first-order chi connectivity index (χ1) is 15.3. The minimum absolute atomic E-state index is 0.0282. The second-order valence-corrected chi connectivity index (χ2v) is 8.74. The zero-order valence-electron chi connectivity index (χ0n) is 17.9. The number of nitrogens with one attached hydrogen (secondary N) is 2. The molecule has 8 nitrogen and oxygen atoms in total. The highest BCUT2D eigenvalue weighted by Crippen LogP contribution is 2.29. The largest absolute Gasteiger partial charge is 0.480 e. The predicted molar refractivity (Wildman–Crippen MR) is 125 cm³/mol. The first kappa shape index (κ1) is 23.1. The molecular formula is C23H26N4O4S. The lowest BCUT2D eigenvalue weighted by Gasteiger charge is -2.17. The third kappa shape index (κ3) is 6.45. The molecule has 5 N–H and O–H groups in total. The molecule has 1 atom stereocenters. The third-order valence-corrected chi connectivity index (χ3v) is 5.48. The Morgan fingerprint density at radius 1 is 1.12 bits per heavy atom. The molecule has 9 heteroatoms. The summed E-state index contributed by atoms with van der Waals surface area (Å²) in [5, 5.41) is 15.8. The second kappa shape index (κ2) is 10.6. The summed E-state index contributed by atoms with van der Waals surface area (Å²) in [6.45, 7) is 4.20. The zero-order chi connectivity index (χ0) is 23.1. The van der Waals surface area contributed by atoms with E-state index in [-0.39, 0.29) is 23.2 Å². The van der Waals surface area contributed by atoms with Gasteiger partial charge >= 0.3 is 5.97 Å². The zero-order valence-corrected chi connectivity index (χ0v) is 18.7. The van der Waals surface area contributed by atoms with Gasteiger partial charge in [-0.2, -0.15) is 0 Å². The van der Waals surface area contributed by atoms with Crippen molar-refractivity contribution >= 4 is 34.8 Å². The minimum atomic E-state index is -0.965. The summed E-state index contributed by atoms with van der Waals surface area (Å²) in [5.74, 6) is -0.0451. The number of carboxylic acids is 1. The number of hydrogen-bond acceptors (Lipinski definition) is 7. The summed E-state index contributed by atoms with van der Waals surface area (Å²) in [7, 11) is 0. The van der Waals surface area contributed by atoms with E-state index in [4.69, 9.17) is 10.5 Å². The van der Waals surface area contributed by atoms with E-state index >= 15 is 0 Å². The molecule has 0 saturated carbocycles. The number of ether oxygens (including phenoxy) is 1. The van der Waals surface area contributed by atoms with Crippen LogP contribution in [0, 0.1) is 5.92 Å². The maximum atomic E-state index is 12.6. The molecule has 3 aromatic rings. The number of carbonyl (C=O) groups excluding carboxylic acids is 1. The number of pyridine rings is 1. The summed E-state index contributed by atoms with van der Waals surface area (Å²) in [5.41, 5.74) is 6.18. The summed E-state index contributed by atoms with van der Waals surface area (Å²) < 4.78 is 5.78. The standard InChI is InChI=1S/C23H26N4O4S/c1-14(2)12-18(23(29)30)26-19-10-9-17(21(24)27-19)22(28)25-13-16-8-11-20(32-16)31-15-6-4-3-5-7-15/h3-11,14,18H,12-13H2,1-2H3,(H,25,28)(H,29,30)(H3,24,26,27). The fourth-order valence-corrected chi connectivity index (χ4v) is 3.81. The smallest absolute Gasteiger partial charge is 0.326 e. The van der Waals surface area contributed by atoms with Gasteiger partial charge in [-0.15, -0.1) is 11.3 Å². The Labute approximate surface area is 190 Å². The van der Waals surface area contributed by atoms with Crippen LogP contribution in [-0.4, -0.2) is 28.0 Å². The van der Waals surface area contributed by atoms with Gasteiger partial charge in [-0.05, 0) is 48.7 Å². The number of anilines is 2. The average Bonchev–Trinajstić information content (AvgIpc) is 3.19. The van der Waals surface area contributed by atoms with Crippen molar-refractivity contribution < 1.29 is 19.4 Å². The number of nitrogens with zero attached hydrogens (tertiary/aromatic N) is 1. The molecule has 168 valence electrons. The van der Waals surface area contributed by atoms with Crippen LogP contribution < -0.4 is 21.1 Å². The van der Waals surface area contributed by atoms with Crippen molar-refractivity contribution in [3.63, 3.8) is 0 Å². The van der Waals surface area contributed by atoms with E-state index in [2.05, 4.69) is 15.6 Å². The molecule has 2 aromatic heterocycles. The first-order valence-electron chi connectivity index (χ1n) is 10.2. The number of nitrogens with two attached hydrogens (primary N) is 1. The topological polar surface area (TPSA) is 127 Å². The van der Waals surface area contributed by atoms with E-state index in [1.165, 1.54) is 17.4 Å². The molecule has 0 fully saturated rings. The van der Waals surface area contributed by atoms with Crippen LogP contribution in [0.15, 0.2) is 54.6 Å². The number of carbonyl (C=O) groups is 2. The maximum absolute atomic E-state index is 12.6. The number of rotatable bonds is 10. The Morgan fingerprint density at radius 2 is 1.88 bits per heavy atom. The predicted octanol–water partition coefficient (Wildman–Crippen LogP) is 4.36. The van der Waals surface area contributed by atoms with Crippen LogP contribution in [0.2, 0.25) is 0 Å². The SMILES string of the molecule is CC(C)CC(Nc1ccc(C(=O)NCc2ccc(Oc3ccccc3)s2)c(N)n1)C(=O)O. The van der Waals surface area contributed by atoms with Crippen molar-refractivity contribution in [2.45, 2.75) is 32.9 Å². The highest BCUT2D eigenvalue weighted by Gasteiger charge is 2.20. The van der Waals surface area contributed by atoms with Crippen molar-refractivity contribution in [3.05, 3.63) is 65.0 Å². The van der Waals surface area contributed by atoms with Crippen LogP contribution in [0.25, 0.3) is 0 Å². The van der Waals surface area contributed by atoms with Gasteiger partial charge in [0.15, 0.2) is 5.06 Å². The minimum Gasteiger partial charge on any atom is -0.480 e. The van der Waals surface area contributed by atoms with Gasteiger partial charge in [-0.25, -0.2) is 9.78 Å². The number of benzene rings is 1. The Kier molecular flexibility index (Phi) is 7.67. The Hall–Kier alpha value is -3.59. The van der Waals surface area contributed by atoms with Crippen molar-refractivity contribution in [2.75, 3.05) is 11.1 Å². The van der Waals surface area contributed by atoms with Gasteiger partial charge in [-0.1, -0.05) is 32.0 Å². The molecule has 0 saturated heterocycles. The summed E-state index contributed by atoms with van der Waals surface area (Å²) >= 11 is 1.44. The van der Waals surface area contributed by atoms with Gasteiger partial charge in [0.05, 0.1) is 12.1 Å². The molecule has 0 spiro atoms. The number of thiophene rings is 1. The summed E-state index contributed by atoms with van der Waals surface area (Å²) in [6.07, 6.45) is 0.440. The van der Waals surface area contributed by atoms with Gasteiger partial charge in [0.2, 0.25) is 0 Å². The second-order valence-electron chi connectivity index (χ2n) is 7.61. The number of aromatic nitrogens is 1. The number of para-hydroxylation sites is 1. The van der Waals surface area contributed by atoms with E-state index in [0.717, 1.165) is 15.7 Å². The maximum Gasteiger partial charge on any atom is 0.326 e. The average molecular weight is 455 g/mol. The lowest BCUT2D eigenvalue weighted by Crippen LogP contribution is -2.31. The third-order valence-electron chi connectivity index (χ3n) is 4.52. The van der Waals surface area contributed by atoms with E-state index < -0.39 is 12.0 Å². The van der Waals surface area contributed by atoms with Crippen molar-refractivity contribution in [2.24, 2.45) is 5.92 Å². The molecule has 1 aromatic carbocycles. The Morgan fingerprint density at radius 3 is 2.53 bits per heavy atom. The molecule has 0 aliphatic rings. The number of hydrogen-bond donors (Lipinski definition) is 4. The van der Waals surface area contributed by atoms with Crippen LogP contribution in [0.3, 0.4) is 0 Å². The Bertz CT molecular complexity index is 1070. The van der Waals surface area contributed by atoms with E-state index in [1.807, 2.05) is 56.3 Å².